The lowest BCUT2D eigenvalue weighted by atomic mass is 9.86. The van der Waals surface area contributed by atoms with Gasteiger partial charge in [-0.05, 0) is 50.6 Å². The summed E-state index contributed by atoms with van der Waals surface area (Å²) < 4.78 is 1.93. The van der Waals surface area contributed by atoms with Gasteiger partial charge in [0, 0.05) is 19.3 Å². The van der Waals surface area contributed by atoms with Gasteiger partial charge in [-0.1, -0.05) is 6.92 Å². The topological polar surface area (TPSA) is 64.1 Å². The lowest BCUT2D eigenvalue weighted by molar-refractivity contribution is 0.214. The Morgan fingerprint density at radius 3 is 2.41 bits per heavy atom. The van der Waals surface area contributed by atoms with Crippen LogP contribution in [0.5, 0.6) is 0 Å². The molecule has 1 heterocycles. The van der Waals surface area contributed by atoms with E-state index in [1.807, 2.05) is 11.7 Å². The molecule has 0 aliphatic heterocycles. The minimum atomic E-state index is 0.172. The highest BCUT2D eigenvalue weighted by Gasteiger charge is 2.21. The van der Waals surface area contributed by atoms with Crippen LogP contribution in [0.1, 0.15) is 42.6 Å². The molecule has 0 spiro atoms. The minimum absolute atomic E-state index is 0.172. The van der Waals surface area contributed by atoms with E-state index in [1.165, 1.54) is 11.3 Å². The molecule has 4 heteroatoms. The molecular formula is C13H25N3O. The van der Waals surface area contributed by atoms with E-state index in [0.29, 0.717) is 12.5 Å². The molecule has 2 unspecified atom stereocenters. The quantitative estimate of drug-likeness (QED) is 0.790. The van der Waals surface area contributed by atoms with Crippen LogP contribution in [0.3, 0.4) is 0 Å². The third kappa shape index (κ3) is 3.07. The van der Waals surface area contributed by atoms with Gasteiger partial charge in [0.1, 0.15) is 0 Å². The number of aryl methyl sites for hydroxylation is 2. The molecule has 98 valence electrons. The predicted molar refractivity (Wildman–Crippen MR) is 70.0 cm³/mol. The normalized spacial score (nSPS) is 14.9. The van der Waals surface area contributed by atoms with Crippen molar-refractivity contribution < 1.29 is 5.11 Å². The van der Waals surface area contributed by atoms with E-state index in [2.05, 4.69) is 25.9 Å². The van der Waals surface area contributed by atoms with E-state index < -0.39 is 0 Å². The summed E-state index contributed by atoms with van der Waals surface area (Å²) in [7, 11) is 1.98. The zero-order valence-corrected chi connectivity index (χ0v) is 11.4. The molecule has 0 aromatic carbocycles. The van der Waals surface area contributed by atoms with E-state index in [-0.39, 0.29) is 12.5 Å². The number of aliphatic hydroxyl groups excluding tert-OH is 1. The number of rotatable bonds is 6. The first-order valence-corrected chi connectivity index (χ1v) is 6.36. The van der Waals surface area contributed by atoms with Crippen LogP contribution in [0.25, 0.3) is 0 Å². The molecule has 0 fully saturated rings. The zero-order valence-electron chi connectivity index (χ0n) is 11.4. The largest absolute Gasteiger partial charge is 0.396 e. The van der Waals surface area contributed by atoms with Crippen molar-refractivity contribution in [1.82, 2.24) is 9.78 Å². The van der Waals surface area contributed by atoms with E-state index in [1.54, 1.807) is 0 Å². The third-order valence-corrected chi connectivity index (χ3v) is 3.68. The fraction of sp³-hybridized carbons (Fsp3) is 0.769. The summed E-state index contributed by atoms with van der Waals surface area (Å²) in [5, 5.41) is 13.7. The molecule has 0 aliphatic rings. The molecule has 0 aliphatic carbocycles. The summed E-state index contributed by atoms with van der Waals surface area (Å²) in [6.07, 6.45) is 2.00. The maximum absolute atomic E-state index is 9.26. The average molecular weight is 239 g/mol. The fourth-order valence-electron chi connectivity index (χ4n) is 2.52. The molecule has 0 saturated heterocycles. The summed E-state index contributed by atoms with van der Waals surface area (Å²) in [5.41, 5.74) is 9.33. The first-order valence-electron chi connectivity index (χ1n) is 6.36. The van der Waals surface area contributed by atoms with Gasteiger partial charge in [0.15, 0.2) is 0 Å². The van der Waals surface area contributed by atoms with Gasteiger partial charge >= 0.3 is 0 Å². The van der Waals surface area contributed by atoms with Crippen LogP contribution in [0, 0.1) is 19.8 Å². The molecule has 0 bridgehead atoms. The molecule has 1 aromatic rings. The van der Waals surface area contributed by atoms with Gasteiger partial charge in [-0.2, -0.15) is 5.10 Å². The highest BCUT2D eigenvalue weighted by Crippen LogP contribution is 2.31. The van der Waals surface area contributed by atoms with Crippen molar-refractivity contribution in [2.45, 2.75) is 39.5 Å². The Morgan fingerprint density at radius 1 is 1.41 bits per heavy atom. The maximum atomic E-state index is 9.26. The Balaban J connectivity index is 2.93. The fourth-order valence-corrected chi connectivity index (χ4v) is 2.52. The molecule has 1 rings (SSSR count). The Hall–Kier alpha value is -0.870. The highest BCUT2D eigenvalue weighted by atomic mass is 16.3. The molecular weight excluding hydrogens is 214 g/mol. The van der Waals surface area contributed by atoms with Gasteiger partial charge in [-0.25, -0.2) is 0 Å². The molecule has 0 radical (unpaired) electrons. The third-order valence-electron chi connectivity index (χ3n) is 3.68. The van der Waals surface area contributed by atoms with E-state index >= 15 is 0 Å². The smallest absolute Gasteiger partial charge is 0.0631 e. The van der Waals surface area contributed by atoms with Crippen LogP contribution in [0.15, 0.2) is 0 Å². The molecule has 3 N–H and O–H groups in total. The van der Waals surface area contributed by atoms with Gasteiger partial charge in [0.05, 0.1) is 5.69 Å². The number of hydrogen-bond acceptors (Lipinski definition) is 3. The standard InChI is InChI=1S/C13H25N3O/c1-5-12(6-11(7-14)8-17)13-9(2)15-16(4)10(13)3/h11-12,17H,5-8,14H2,1-4H3. The molecule has 4 nitrogen and oxygen atoms in total. The lowest BCUT2D eigenvalue weighted by Gasteiger charge is -2.20. The van der Waals surface area contributed by atoms with Crippen molar-refractivity contribution in [3.63, 3.8) is 0 Å². The Labute approximate surface area is 104 Å². The Kier molecular flexibility index (Phi) is 5.15. The van der Waals surface area contributed by atoms with Gasteiger partial charge in [0.2, 0.25) is 0 Å². The number of aromatic nitrogens is 2. The Morgan fingerprint density at radius 2 is 2.06 bits per heavy atom. The second-order valence-corrected chi connectivity index (χ2v) is 4.83. The zero-order chi connectivity index (χ0) is 13.0. The van der Waals surface area contributed by atoms with Crippen molar-refractivity contribution in [2.24, 2.45) is 18.7 Å². The molecule has 17 heavy (non-hydrogen) atoms. The van der Waals surface area contributed by atoms with E-state index in [0.717, 1.165) is 18.5 Å². The summed E-state index contributed by atoms with van der Waals surface area (Å²) in [6.45, 7) is 7.06. The number of aliphatic hydroxyl groups is 1. The van der Waals surface area contributed by atoms with Crippen LogP contribution < -0.4 is 5.73 Å². The lowest BCUT2D eigenvalue weighted by Crippen LogP contribution is -2.21. The molecule has 0 amide bonds. The predicted octanol–water partition coefficient (Wildman–Crippen LogP) is 1.49. The Bertz CT molecular complexity index is 356. The molecule has 2 atom stereocenters. The minimum Gasteiger partial charge on any atom is -0.396 e. The monoisotopic (exact) mass is 239 g/mol. The first-order chi connectivity index (χ1) is 8.04. The second-order valence-electron chi connectivity index (χ2n) is 4.83. The van der Waals surface area contributed by atoms with Crippen LogP contribution in [0.4, 0.5) is 0 Å². The highest BCUT2D eigenvalue weighted by molar-refractivity contribution is 5.28. The first kappa shape index (κ1) is 14.2. The van der Waals surface area contributed by atoms with Gasteiger partial charge in [0.25, 0.3) is 0 Å². The number of nitrogens with two attached hydrogens (primary N) is 1. The van der Waals surface area contributed by atoms with Gasteiger partial charge in [-0.3, -0.25) is 4.68 Å². The number of nitrogens with zero attached hydrogens (tertiary/aromatic N) is 2. The van der Waals surface area contributed by atoms with Gasteiger partial charge in [-0.15, -0.1) is 0 Å². The van der Waals surface area contributed by atoms with Crippen molar-refractivity contribution in [3.05, 3.63) is 17.0 Å². The van der Waals surface area contributed by atoms with Crippen LogP contribution in [-0.2, 0) is 7.05 Å². The maximum Gasteiger partial charge on any atom is 0.0631 e. The van der Waals surface area contributed by atoms with Crippen molar-refractivity contribution >= 4 is 0 Å². The van der Waals surface area contributed by atoms with Crippen LogP contribution >= 0.6 is 0 Å². The summed E-state index contributed by atoms with van der Waals surface area (Å²) in [6, 6.07) is 0. The molecule has 1 aromatic heterocycles. The van der Waals surface area contributed by atoms with Crippen molar-refractivity contribution in [1.29, 1.82) is 0 Å². The van der Waals surface area contributed by atoms with Crippen molar-refractivity contribution in [3.8, 4) is 0 Å². The van der Waals surface area contributed by atoms with E-state index in [4.69, 9.17) is 5.73 Å². The second kappa shape index (κ2) is 6.17. The number of hydrogen-bond donors (Lipinski definition) is 2. The van der Waals surface area contributed by atoms with Crippen molar-refractivity contribution in [2.75, 3.05) is 13.2 Å². The average Bonchev–Trinajstić information content (AvgIpc) is 2.56. The summed E-state index contributed by atoms with van der Waals surface area (Å²) in [4.78, 5) is 0. The van der Waals surface area contributed by atoms with Crippen LogP contribution in [0.2, 0.25) is 0 Å². The van der Waals surface area contributed by atoms with Gasteiger partial charge < -0.3 is 10.8 Å². The van der Waals surface area contributed by atoms with E-state index in [9.17, 15) is 5.11 Å². The summed E-state index contributed by atoms with van der Waals surface area (Å²) in [5.74, 6) is 0.642. The molecule has 0 saturated carbocycles. The summed E-state index contributed by atoms with van der Waals surface area (Å²) >= 11 is 0. The SMILES string of the molecule is CCC(CC(CN)CO)c1c(C)nn(C)c1C. The van der Waals surface area contributed by atoms with Crippen LogP contribution in [-0.4, -0.2) is 28.0 Å².